The minimum Gasteiger partial charge on any atom is -0.464 e. The van der Waals surface area contributed by atoms with Gasteiger partial charge in [-0.2, -0.15) is 0 Å². The monoisotopic (exact) mass is 398 g/mol. The smallest absolute Gasteiger partial charge is 0.163 e. The molecule has 4 heteroatoms. The maximum atomic E-state index is 13.5. The lowest BCUT2D eigenvalue weighted by atomic mass is 9.79. The van der Waals surface area contributed by atoms with E-state index in [-0.39, 0.29) is 17.7 Å². The number of furan rings is 1. The number of hydrogen-bond donors (Lipinski definition) is 2. The van der Waals surface area contributed by atoms with Crippen LogP contribution in [0.4, 0.5) is 11.4 Å². The topological polar surface area (TPSA) is 54.3 Å². The number of aryl methyl sites for hydroxylation is 2. The summed E-state index contributed by atoms with van der Waals surface area (Å²) in [5.41, 5.74) is 6.30. The van der Waals surface area contributed by atoms with Crippen molar-refractivity contribution in [1.82, 2.24) is 0 Å². The van der Waals surface area contributed by atoms with E-state index in [9.17, 15) is 4.79 Å². The van der Waals surface area contributed by atoms with Crippen LogP contribution in [0.1, 0.15) is 54.4 Å². The van der Waals surface area contributed by atoms with Crippen LogP contribution < -0.4 is 10.6 Å². The number of rotatable bonds is 3. The number of carbonyl (C=O) groups excluding carboxylic acids is 1. The molecule has 2 unspecified atom stereocenters. The van der Waals surface area contributed by atoms with Gasteiger partial charge >= 0.3 is 0 Å². The maximum Gasteiger partial charge on any atom is 0.163 e. The first-order valence-corrected chi connectivity index (χ1v) is 10.7. The highest BCUT2D eigenvalue weighted by Crippen LogP contribution is 2.44. The molecule has 5 rings (SSSR count). The highest BCUT2D eigenvalue weighted by atomic mass is 16.3. The molecule has 152 valence electrons. The van der Waals surface area contributed by atoms with E-state index in [2.05, 4.69) is 41.8 Å². The van der Waals surface area contributed by atoms with Gasteiger partial charge in [-0.1, -0.05) is 43.3 Å². The van der Waals surface area contributed by atoms with E-state index < -0.39 is 0 Å². The fraction of sp³-hybridized carbons (Fsp3) is 0.269. The molecule has 2 atom stereocenters. The first-order chi connectivity index (χ1) is 14.6. The normalized spacial score (nSPS) is 20.7. The number of hydrogen-bond acceptors (Lipinski definition) is 4. The van der Waals surface area contributed by atoms with Crippen LogP contribution in [0.2, 0.25) is 0 Å². The van der Waals surface area contributed by atoms with Gasteiger partial charge in [-0.15, -0.1) is 0 Å². The van der Waals surface area contributed by atoms with Crippen LogP contribution in [0.25, 0.3) is 0 Å². The van der Waals surface area contributed by atoms with E-state index in [4.69, 9.17) is 4.42 Å². The van der Waals surface area contributed by atoms with E-state index in [0.717, 1.165) is 47.0 Å². The Morgan fingerprint density at radius 1 is 0.967 bits per heavy atom. The lowest BCUT2D eigenvalue weighted by Crippen LogP contribution is -2.26. The second-order valence-corrected chi connectivity index (χ2v) is 8.21. The maximum absolute atomic E-state index is 13.5. The van der Waals surface area contributed by atoms with Gasteiger partial charge < -0.3 is 15.1 Å². The fourth-order valence-electron chi connectivity index (χ4n) is 4.58. The molecule has 3 aromatic rings. The molecule has 2 aromatic carbocycles. The molecule has 0 radical (unpaired) electrons. The molecular weight excluding hydrogens is 372 g/mol. The van der Waals surface area contributed by atoms with E-state index in [0.29, 0.717) is 6.42 Å². The number of carbonyl (C=O) groups is 1. The van der Waals surface area contributed by atoms with Gasteiger partial charge in [0, 0.05) is 17.7 Å². The summed E-state index contributed by atoms with van der Waals surface area (Å²) in [6.07, 6.45) is 2.34. The van der Waals surface area contributed by atoms with Crippen LogP contribution in [0.5, 0.6) is 0 Å². The number of allylic oxidation sites excluding steroid dienone is 1. The Bertz CT molecular complexity index is 1120. The van der Waals surface area contributed by atoms with Crippen molar-refractivity contribution in [1.29, 1.82) is 0 Å². The third-order valence-corrected chi connectivity index (χ3v) is 6.21. The van der Waals surface area contributed by atoms with Crippen molar-refractivity contribution in [2.45, 2.75) is 45.1 Å². The molecular formula is C26H26N2O2. The summed E-state index contributed by atoms with van der Waals surface area (Å²) >= 11 is 0. The van der Waals surface area contributed by atoms with E-state index in [1.807, 2.05) is 43.3 Å². The van der Waals surface area contributed by atoms with Crippen molar-refractivity contribution >= 4 is 17.2 Å². The molecule has 0 amide bonds. The second-order valence-electron chi connectivity index (χ2n) is 8.21. The van der Waals surface area contributed by atoms with Gasteiger partial charge in [-0.25, -0.2) is 0 Å². The van der Waals surface area contributed by atoms with Crippen molar-refractivity contribution in [2.24, 2.45) is 0 Å². The number of ketones is 1. The molecule has 1 aliphatic heterocycles. The quantitative estimate of drug-likeness (QED) is 0.557. The first-order valence-electron chi connectivity index (χ1n) is 10.7. The summed E-state index contributed by atoms with van der Waals surface area (Å²) in [4.78, 5) is 13.5. The minimum atomic E-state index is -0.291. The van der Waals surface area contributed by atoms with E-state index >= 15 is 0 Å². The van der Waals surface area contributed by atoms with Crippen LogP contribution in [0.3, 0.4) is 0 Å². The molecule has 0 saturated carbocycles. The average molecular weight is 399 g/mol. The number of fused-ring (bicyclic) bond motifs is 1. The zero-order valence-electron chi connectivity index (χ0n) is 17.4. The molecule has 30 heavy (non-hydrogen) atoms. The van der Waals surface area contributed by atoms with Crippen molar-refractivity contribution in [3.63, 3.8) is 0 Å². The van der Waals surface area contributed by atoms with Gasteiger partial charge in [0.2, 0.25) is 0 Å². The Kier molecular flexibility index (Phi) is 4.70. The summed E-state index contributed by atoms with van der Waals surface area (Å²) in [7, 11) is 0. The van der Waals surface area contributed by atoms with Crippen molar-refractivity contribution < 1.29 is 9.21 Å². The molecule has 1 aliphatic carbocycles. The summed E-state index contributed by atoms with van der Waals surface area (Å²) in [6.45, 7) is 4.09. The Labute approximate surface area is 177 Å². The zero-order valence-corrected chi connectivity index (χ0v) is 17.4. The van der Waals surface area contributed by atoms with Crippen molar-refractivity contribution in [3.05, 3.63) is 94.6 Å². The van der Waals surface area contributed by atoms with Gasteiger partial charge in [-0.05, 0) is 61.1 Å². The second kappa shape index (κ2) is 7.52. The standard InChI is InChI=1S/C26H26N2O2/c1-3-17-9-11-18(12-10-17)19-14-22-25(23(29)15-19)26(24-13-8-16(2)30-24)28-21-7-5-4-6-20(21)27-22/h4-13,19,26-28H,3,14-15H2,1-2H3. The van der Waals surface area contributed by atoms with Crippen LogP contribution in [0, 0.1) is 6.92 Å². The molecule has 2 heterocycles. The molecule has 2 aliphatic rings. The van der Waals surface area contributed by atoms with Gasteiger partial charge in [0.25, 0.3) is 0 Å². The van der Waals surface area contributed by atoms with E-state index in [1.54, 1.807) is 0 Å². The number of para-hydroxylation sites is 2. The zero-order chi connectivity index (χ0) is 20.7. The van der Waals surface area contributed by atoms with Crippen LogP contribution >= 0.6 is 0 Å². The van der Waals surface area contributed by atoms with Crippen LogP contribution in [0.15, 0.2) is 76.4 Å². The SMILES string of the molecule is CCc1ccc(C2CC(=O)C3=C(C2)Nc2ccccc2NC3c2ccc(C)o2)cc1. The number of benzene rings is 2. The lowest BCUT2D eigenvalue weighted by molar-refractivity contribution is -0.116. The van der Waals surface area contributed by atoms with Gasteiger partial charge in [0.15, 0.2) is 5.78 Å². The Balaban J connectivity index is 1.57. The molecule has 4 nitrogen and oxygen atoms in total. The molecule has 0 saturated heterocycles. The predicted octanol–water partition coefficient (Wildman–Crippen LogP) is 6.13. The van der Waals surface area contributed by atoms with Crippen molar-refractivity contribution in [3.8, 4) is 0 Å². The fourth-order valence-corrected chi connectivity index (χ4v) is 4.58. The third kappa shape index (κ3) is 3.32. The average Bonchev–Trinajstić information content (AvgIpc) is 3.11. The van der Waals surface area contributed by atoms with Gasteiger partial charge in [-0.3, -0.25) is 4.79 Å². The Hall–Kier alpha value is -3.27. The third-order valence-electron chi connectivity index (χ3n) is 6.21. The van der Waals surface area contributed by atoms with Gasteiger partial charge in [0.05, 0.1) is 11.4 Å². The molecule has 1 aromatic heterocycles. The lowest BCUT2D eigenvalue weighted by Gasteiger charge is -2.29. The predicted molar refractivity (Wildman–Crippen MR) is 120 cm³/mol. The molecule has 0 bridgehead atoms. The summed E-state index contributed by atoms with van der Waals surface area (Å²) < 4.78 is 5.95. The summed E-state index contributed by atoms with van der Waals surface area (Å²) in [5.74, 6) is 1.97. The highest BCUT2D eigenvalue weighted by Gasteiger charge is 2.37. The Morgan fingerprint density at radius 3 is 2.43 bits per heavy atom. The molecule has 2 N–H and O–H groups in total. The number of nitrogens with one attached hydrogen (secondary N) is 2. The Morgan fingerprint density at radius 2 is 1.73 bits per heavy atom. The molecule has 0 spiro atoms. The first kappa shape index (κ1) is 18.7. The minimum absolute atomic E-state index is 0.174. The van der Waals surface area contributed by atoms with Crippen LogP contribution in [-0.2, 0) is 11.2 Å². The highest BCUT2D eigenvalue weighted by molar-refractivity contribution is 6.01. The summed E-state index contributed by atoms with van der Waals surface area (Å²) in [6, 6.07) is 20.4. The largest absolute Gasteiger partial charge is 0.464 e. The van der Waals surface area contributed by atoms with E-state index in [1.165, 1.54) is 11.1 Å². The van der Waals surface area contributed by atoms with Gasteiger partial charge in [0.1, 0.15) is 17.6 Å². The van der Waals surface area contributed by atoms with Crippen molar-refractivity contribution in [2.75, 3.05) is 10.6 Å². The molecule has 0 fully saturated rings. The number of Topliss-reactive ketones (excluding diaryl/α,β-unsaturated/α-hetero) is 1. The summed E-state index contributed by atoms with van der Waals surface area (Å²) in [5, 5.41) is 7.13. The number of anilines is 2. The van der Waals surface area contributed by atoms with Crippen LogP contribution in [-0.4, -0.2) is 5.78 Å².